The van der Waals surface area contributed by atoms with E-state index in [0.29, 0.717) is 10.8 Å². The molecule has 0 amide bonds. The zero-order valence-corrected chi connectivity index (χ0v) is 12.1. The molecule has 2 aromatic carbocycles. The summed E-state index contributed by atoms with van der Waals surface area (Å²) in [6.45, 7) is 0. The van der Waals surface area contributed by atoms with E-state index in [1.807, 2.05) is 30.3 Å². The van der Waals surface area contributed by atoms with E-state index in [-0.39, 0.29) is 5.92 Å². The van der Waals surface area contributed by atoms with Crippen molar-refractivity contribution in [3.05, 3.63) is 64.7 Å². The first-order valence-electron chi connectivity index (χ1n) is 6.51. The highest BCUT2D eigenvalue weighted by Crippen LogP contribution is 2.32. The normalized spacial score (nSPS) is 11.7. The second-order valence-corrected chi connectivity index (χ2v) is 5.03. The van der Waals surface area contributed by atoms with Crippen molar-refractivity contribution in [2.24, 2.45) is 0 Å². The van der Waals surface area contributed by atoms with Gasteiger partial charge in [-0.15, -0.1) is 0 Å². The van der Waals surface area contributed by atoms with Crippen molar-refractivity contribution in [3.8, 4) is 11.8 Å². The third-order valence-electron chi connectivity index (χ3n) is 3.29. The molecule has 0 saturated carbocycles. The van der Waals surface area contributed by atoms with Crippen molar-refractivity contribution in [1.29, 1.82) is 5.26 Å². The molecule has 0 N–H and O–H groups in total. The van der Waals surface area contributed by atoms with Crippen LogP contribution in [0.3, 0.4) is 0 Å². The maximum Gasteiger partial charge on any atom is 0.123 e. The van der Waals surface area contributed by atoms with E-state index in [1.165, 1.54) is 5.56 Å². The Morgan fingerprint density at radius 3 is 2.60 bits per heavy atom. The molecule has 0 aromatic heterocycles. The van der Waals surface area contributed by atoms with Crippen LogP contribution in [0.5, 0.6) is 5.75 Å². The van der Waals surface area contributed by atoms with Crippen LogP contribution >= 0.6 is 11.6 Å². The molecule has 0 bridgehead atoms. The number of ether oxygens (including phenoxy) is 1. The molecule has 0 aliphatic rings. The zero-order chi connectivity index (χ0) is 14.4. The molecule has 0 heterocycles. The monoisotopic (exact) mass is 285 g/mol. The van der Waals surface area contributed by atoms with Gasteiger partial charge in [-0.3, -0.25) is 0 Å². The smallest absolute Gasteiger partial charge is 0.123 e. The Morgan fingerprint density at radius 1 is 1.20 bits per heavy atom. The van der Waals surface area contributed by atoms with Gasteiger partial charge in [-0.1, -0.05) is 41.9 Å². The lowest BCUT2D eigenvalue weighted by atomic mass is 9.93. The van der Waals surface area contributed by atoms with E-state index in [4.69, 9.17) is 16.3 Å². The van der Waals surface area contributed by atoms with Gasteiger partial charge < -0.3 is 4.74 Å². The topological polar surface area (TPSA) is 33.0 Å². The summed E-state index contributed by atoms with van der Waals surface area (Å²) < 4.78 is 5.33. The van der Waals surface area contributed by atoms with E-state index in [1.54, 1.807) is 13.2 Å². The molecule has 3 heteroatoms. The van der Waals surface area contributed by atoms with Crippen molar-refractivity contribution in [1.82, 2.24) is 0 Å². The minimum absolute atomic E-state index is 0.219. The van der Waals surface area contributed by atoms with Crippen molar-refractivity contribution in [2.45, 2.75) is 18.8 Å². The lowest BCUT2D eigenvalue weighted by molar-refractivity contribution is 0.407. The summed E-state index contributed by atoms with van der Waals surface area (Å²) in [7, 11) is 1.61. The average Bonchev–Trinajstić information content (AvgIpc) is 2.49. The molecule has 0 saturated heterocycles. The quantitative estimate of drug-likeness (QED) is 0.805. The molecule has 102 valence electrons. The average molecular weight is 286 g/mol. The van der Waals surface area contributed by atoms with Crippen LogP contribution in [0.15, 0.2) is 48.5 Å². The van der Waals surface area contributed by atoms with Crippen LogP contribution in [0.4, 0.5) is 0 Å². The van der Waals surface area contributed by atoms with Crippen LogP contribution in [0, 0.1) is 11.3 Å². The van der Waals surface area contributed by atoms with E-state index < -0.39 is 0 Å². The number of nitriles is 1. The molecule has 0 spiro atoms. The SMILES string of the molecule is COc1ccc(Cl)cc1C(C#N)CCc1ccccc1. The first-order chi connectivity index (χ1) is 9.74. The molecule has 20 heavy (non-hydrogen) atoms. The Kier molecular flexibility index (Phi) is 5.03. The standard InChI is InChI=1S/C17H16ClNO/c1-20-17-10-9-15(18)11-16(17)14(12-19)8-7-13-5-3-2-4-6-13/h2-6,9-11,14H,7-8H2,1H3. The van der Waals surface area contributed by atoms with Gasteiger partial charge in [0.1, 0.15) is 5.75 Å². The molecule has 2 nitrogen and oxygen atoms in total. The maximum absolute atomic E-state index is 9.42. The minimum Gasteiger partial charge on any atom is -0.496 e. The predicted molar refractivity (Wildman–Crippen MR) is 81.1 cm³/mol. The Labute approximate surface area is 124 Å². The zero-order valence-electron chi connectivity index (χ0n) is 11.3. The highest BCUT2D eigenvalue weighted by Gasteiger charge is 2.16. The number of methoxy groups -OCH3 is 1. The summed E-state index contributed by atoms with van der Waals surface area (Å²) in [5, 5.41) is 10.0. The van der Waals surface area contributed by atoms with Crippen LogP contribution in [0.25, 0.3) is 0 Å². The van der Waals surface area contributed by atoms with Crippen LogP contribution in [-0.4, -0.2) is 7.11 Å². The maximum atomic E-state index is 9.42. The van der Waals surface area contributed by atoms with E-state index in [2.05, 4.69) is 18.2 Å². The van der Waals surface area contributed by atoms with E-state index in [0.717, 1.165) is 18.4 Å². The molecular weight excluding hydrogens is 270 g/mol. The summed E-state index contributed by atoms with van der Waals surface area (Å²) >= 11 is 6.03. The Hall–Kier alpha value is -1.98. The van der Waals surface area contributed by atoms with E-state index >= 15 is 0 Å². The first-order valence-corrected chi connectivity index (χ1v) is 6.89. The second kappa shape index (κ2) is 6.98. The largest absolute Gasteiger partial charge is 0.496 e. The Bertz CT molecular complexity index is 604. The van der Waals surface area contributed by atoms with Gasteiger partial charge in [-0.2, -0.15) is 5.26 Å². The highest BCUT2D eigenvalue weighted by molar-refractivity contribution is 6.30. The van der Waals surface area contributed by atoms with Crippen LogP contribution in [0.2, 0.25) is 5.02 Å². The third kappa shape index (κ3) is 3.53. The number of hydrogen-bond donors (Lipinski definition) is 0. The number of halogens is 1. The molecular formula is C17H16ClNO. The van der Waals surface area contributed by atoms with Gasteiger partial charge in [0.2, 0.25) is 0 Å². The molecule has 0 radical (unpaired) electrons. The number of rotatable bonds is 5. The predicted octanol–water partition coefficient (Wildman–Crippen LogP) is 4.59. The Balaban J connectivity index is 2.16. The highest BCUT2D eigenvalue weighted by atomic mass is 35.5. The van der Waals surface area contributed by atoms with Gasteiger partial charge in [0.05, 0.1) is 19.1 Å². The molecule has 1 atom stereocenters. The van der Waals surface area contributed by atoms with Crippen molar-refractivity contribution in [2.75, 3.05) is 7.11 Å². The van der Waals surface area contributed by atoms with Gasteiger partial charge in [0.15, 0.2) is 0 Å². The summed E-state index contributed by atoms with van der Waals surface area (Å²) in [6, 6.07) is 17.9. The second-order valence-electron chi connectivity index (χ2n) is 4.59. The molecule has 2 aromatic rings. The molecule has 0 aliphatic heterocycles. The fourth-order valence-electron chi connectivity index (χ4n) is 2.22. The summed E-state index contributed by atoms with van der Waals surface area (Å²) in [4.78, 5) is 0. The number of hydrogen-bond acceptors (Lipinski definition) is 2. The van der Waals surface area contributed by atoms with Crippen LogP contribution in [0.1, 0.15) is 23.5 Å². The molecule has 2 rings (SSSR count). The minimum atomic E-state index is -0.219. The summed E-state index contributed by atoms with van der Waals surface area (Å²) in [5.41, 5.74) is 2.09. The molecule has 1 unspecified atom stereocenters. The molecule has 0 aliphatic carbocycles. The van der Waals surface area contributed by atoms with Gasteiger partial charge in [-0.25, -0.2) is 0 Å². The third-order valence-corrected chi connectivity index (χ3v) is 3.52. The summed E-state index contributed by atoms with van der Waals surface area (Å²) in [6.07, 6.45) is 1.60. The van der Waals surface area contributed by atoms with Gasteiger partial charge in [0, 0.05) is 10.6 Å². The lowest BCUT2D eigenvalue weighted by Crippen LogP contribution is -2.01. The Morgan fingerprint density at radius 2 is 1.95 bits per heavy atom. The van der Waals surface area contributed by atoms with Gasteiger partial charge in [-0.05, 0) is 36.6 Å². The fraction of sp³-hybridized carbons (Fsp3) is 0.235. The first kappa shape index (κ1) is 14.4. The van der Waals surface area contributed by atoms with Gasteiger partial charge >= 0.3 is 0 Å². The van der Waals surface area contributed by atoms with Crippen molar-refractivity contribution < 1.29 is 4.74 Å². The number of benzene rings is 2. The summed E-state index contributed by atoms with van der Waals surface area (Å²) in [5.74, 6) is 0.498. The lowest BCUT2D eigenvalue weighted by Gasteiger charge is -2.14. The van der Waals surface area contributed by atoms with Crippen molar-refractivity contribution >= 4 is 11.6 Å². The van der Waals surface area contributed by atoms with E-state index in [9.17, 15) is 5.26 Å². The van der Waals surface area contributed by atoms with Crippen molar-refractivity contribution in [3.63, 3.8) is 0 Å². The van der Waals surface area contributed by atoms with Crippen LogP contribution < -0.4 is 4.74 Å². The van der Waals surface area contributed by atoms with Crippen LogP contribution in [-0.2, 0) is 6.42 Å². The fourth-order valence-corrected chi connectivity index (χ4v) is 2.40. The molecule has 0 fully saturated rings. The van der Waals surface area contributed by atoms with Gasteiger partial charge in [0.25, 0.3) is 0 Å². The number of aryl methyl sites for hydroxylation is 1. The number of nitrogens with zero attached hydrogens (tertiary/aromatic N) is 1.